The summed E-state index contributed by atoms with van der Waals surface area (Å²) in [6.07, 6.45) is 0. The van der Waals surface area contributed by atoms with Crippen molar-refractivity contribution in [1.29, 1.82) is 0 Å². The molecule has 52 valence electrons. The number of rotatable bonds is 1. The van der Waals surface area contributed by atoms with Gasteiger partial charge in [-0.2, -0.15) is 0 Å². The zero-order valence-electron chi connectivity index (χ0n) is 3.88. The smallest absolute Gasteiger partial charge is 0.240 e. The van der Waals surface area contributed by atoms with Gasteiger partial charge in [0.25, 0.3) is 0 Å². The molecule has 0 unspecified atom stereocenters. The lowest BCUT2D eigenvalue weighted by Gasteiger charge is -1.97. The van der Waals surface area contributed by atoms with Crippen LogP contribution >= 0.6 is 23.6 Å². The van der Waals surface area contributed by atoms with Crippen LogP contribution in [0.25, 0.3) is 0 Å². The minimum atomic E-state index is -1.21. The predicted molar refractivity (Wildman–Crippen MR) is 29.1 cm³/mol. The topological polar surface area (TPSA) is 75.5 Å². The molecular formula is CHCl2N3O3. The number of hydrogen-bond acceptors (Lipinski definition) is 3. The quantitative estimate of drug-likeness (QED) is 0.357. The number of nitrogens with one attached hydrogen (secondary N) is 1. The minimum Gasteiger partial charge on any atom is -0.240 e. The molecule has 0 aromatic heterocycles. The fourth-order valence-electron chi connectivity index (χ4n) is 0.116. The molecule has 0 aromatic rings. The molecule has 0 saturated carbocycles. The first-order valence-electron chi connectivity index (χ1n) is 1.60. The van der Waals surface area contributed by atoms with Gasteiger partial charge in [-0.15, -0.1) is 3.94 Å². The summed E-state index contributed by atoms with van der Waals surface area (Å²) in [4.78, 5) is 19.5. The van der Waals surface area contributed by atoms with Gasteiger partial charge in [-0.3, -0.25) is 0 Å². The molecule has 8 heteroatoms. The van der Waals surface area contributed by atoms with Crippen molar-refractivity contribution in [3.05, 3.63) is 10.1 Å². The summed E-state index contributed by atoms with van der Waals surface area (Å²) >= 11 is 9.51. The summed E-state index contributed by atoms with van der Waals surface area (Å²) in [5, 5.41) is 8.37. The fourth-order valence-corrected chi connectivity index (χ4v) is 0.191. The van der Waals surface area contributed by atoms with Gasteiger partial charge < -0.3 is 0 Å². The van der Waals surface area contributed by atoms with Crippen LogP contribution in [-0.2, 0) is 0 Å². The first-order chi connectivity index (χ1) is 4.04. The summed E-state index contributed by atoms with van der Waals surface area (Å²) in [5.41, 5.74) is 1.19. The van der Waals surface area contributed by atoms with Crippen LogP contribution in [0, 0.1) is 10.1 Å². The Morgan fingerprint density at radius 3 is 2.22 bits per heavy atom. The van der Waals surface area contributed by atoms with Crippen molar-refractivity contribution in [2.45, 2.75) is 0 Å². The molecule has 0 heterocycles. The molecule has 0 bridgehead atoms. The first kappa shape index (κ1) is 8.25. The van der Waals surface area contributed by atoms with Gasteiger partial charge in [-0.25, -0.2) is 14.9 Å². The van der Waals surface area contributed by atoms with Crippen molar-refractivity contribution in [2.24, 2.45) is 0 Å². The van der Waals surface area contributed by atoms with Gasteiger partial charge in [0.05, 0.1) is 0 Å². The third kappa shape index (κ3) is 3.80. The van der Waals surface area contributed by atoms with Gasteiger partial charge in [0.2, 0.25) is 0 Å². The number of amides is 2. The molecule has 0 spiro atoms. The van der Waals surface area contributed by atoms with Crippen molar-refractivity contribution in [1.82, 2.24) is 9.36 Å². The molecule has 0 fully saturated rings. The molecule has 2 amide bonds. The first-order valence-corrected chi connectivity index (χ1v) is 2.28. The lowest BCUT2D eigenvalue weighted by atomic mass is 11.1. The Morgan fingerprint density at radius 1 is 1.67 bits per heavy atom. The van der Waals surface area contributed by atoms with Crippen molar-refractivity contribution in [3.63, 3.8) is 0 Å². The van der Waals surface area contributed by atoms with Gasteiger partial charge in [0.15, 0.2) is 5.03 Å². The van der Waals surface area contributed by atoms with Gasteiger partial charge in [-0.1, -0.05) is 0 Å². The number of nitro groups is 1. The molecule has 0 aliphatic rings. The van der Waals surface area contributed by atoms with Crippen LogP contribution in [0.4, 0.5) is 4.79 Å². The van der Waals surface area contributed by atoms with E-state index in [0.717, 1.165) is 0 Å². The van der Waals surface area contributed by atoms with E-state index in [4.69, 9.17) is 23.6 Å². The molecule has 6 nitrogen and oxygen atoms in total. The summed E-state index contributed by atoms with van der Waals surface area (Å²) in [6.45, 7) is 0. The highest BCUT2D eigenvalue weighted by molar-refractivity contribution is 6.41. The maximum Gasteiger partial charge on any atom is 0.405 e. The number of hydrazine groups is 1. The largest absolute Gasteiger partial charge is 0.405 e. The Hall–Kier alpha value is -0.750. The third-order valence-corrected chi connectivity index (χ3v) is 0.647. The molecule has 0 rings (SSSR count). The SMILES string of the molecule is O=C(N[N+](=O)[O-])N(Cl)Cl. The number of halogens is 2. The molecule has 9 heavy (non-hydrogen) atoms. The summed E-state index contributed by atoms with van der Waals surface area (Å²) in [7, 11) is 0. The summed E-state index contributed by atoms with van der Waals surface area (Å²) in [6, 6.07) is -1.21. The van der Waals surface area contributed by atoms with E-state index < -0.39 is 11.1 Å². The number of nitrogens with zero attached hydrogens (tertiary/aromatic N) is 2. The highest BCUT2D eigenvalue weighted by atomic mass is 35.5. The maximum absolute atomic E-state index is 10.1. The van der Waals surface area contributed by atoms with Crippen LogP contribution in [0.3, 0.4) is 0 Å². The van der Waals surface area contributed by atoms with E-state index in [9.17, 15) is 14.9 Å². The second-order valence-corrected chi connectivity index (χ2v) is 1.76. The van der Waals surface area contributed by atoms with E-state index in [-0.39, 0.29) is 3.94 Å². The zero-order chi connectivity index (χ0) is 7.44. The average Bonchev–Trinajstić information content (AvgIpc) is 1.63. The van der Waals surface area contributed by atoms with E-state index in [1.165, 1.54) is 5.43 Å². The summed E-state index contributed by atoms with van der Waals surface area (Å²) in [5.74, 6) is 0. The molecule has 0 aromatic carbocycles. The van der Waals surface area contributed by atoms with Crippen molar-refractivity contribution < 1.29 is 9.83 Å². The normalized spacial score (nSPS) is 8.22. The third-order valence-electron chi connectivity index (χ3n) is 0.340. The van der Waals surface area contributed by atoms with Crippen molar-refractivity contribution >= 4 is 29.6 Å². The molecule has 0 aliphatic carbocycles. The highest BCUT2D eigenvalue weighted by Crippen LogP contribution is 1.97. The molecule has 0 radical (unpaired) electrons. The van der Waals surface area contributed by atoms with E-state index >= 15 is 0 Å². The number of hydrogen-bond donors (Lipinski definition) is 1. The van der Waals surface area contributed by atoms with Crippen LogP contribution in [0.1, 0.15) is 0 Å². The standard InChI is InChI=1S/CHCl2N3O3/c2-5(3)1(7)4-6(8)9/h(H,4,7). The lowest BCUT2D eigenvalue weighted by Crippen LogP contribution is -2.33. The van der Waals surface area contributed by atoms with Gasteiger partial charge in [0.1, 0.15) is 0 Å². The lowest BCUT2D eigenvalue weighted by molar-refractivity contribution is -0.528. The van der Waals surface area contributed by atoms with E-state index in [2.05, 4.69) is 0 Å². The predicted octanol–water partition coefficient (Wildman–Crippen LogP) is 0.497. The van der Waals surface area contributed by atoms with E-state index in [1.54, 1.807) is 0 Å². The second kappa shape index (κ2) is 3.31. The molecule has 0 aliphatic heterocycles. The highest BCUT2D eigenvalue weighted by Gasteiger charge is 2.12. The Labute approximate surface area is 59.7 Å². The van der Waals surface area contributed by atoms with Crippen LogP contribution in [0.5, 0.6) is 0 Å². The van der Waals surface area contributed by atoms with Crippen LogP contribution in [0.15, 0.2) is 0 Å². The Balaban J connectivity index is 3.64. The Morgan fingerprint density at radius 2 is 2.11 bits per heavy atom. The number of carbonyl (C=O) groups is 1. The van der Waals surface area contributed by atoms with Gasteiger partial charge in [0, 0.05) is 23.6 Å². The van der Waals surface area contributed by atoms with Gasteiger partial charge in [-0.05, 0) is 5.43 Å². The molecule has 0 atom stereocenters. The van der Waals surface area contributed by atoms with Gasteiger partial charge >= 0.3 is 6.03 Å². The Kier molecular flexibility index (Phi) is 3.03. The van der Waals surface area contributed by atoms with E-state index in [0.29, 0.717) is 0 Å². The maximum atomic E-state index is 10.1. The van der Waals surface area contributed by atoms with Crippen LogP contribution in [-0.4, -0.2) is 15.0 Å². The number of urea groups is 1. The minimum absolute atomic E-state index is 0.0167. The Bertz CT molecular complexity index is 135. The molecule has 1 N–H and O–H groups in total. The molecular weight excluding hydrogens is 173 g/mol. The van der Waals surface area contributed by atoms with Crippen molar-refractivity contribution in [2.75, 3.05) is 0 Å². The average molecular weight is 174 g/mol. The number of carbonyl (C=O) groups excluding carboxylic acids is 1. The monoisotopic (exact) mass is 173 g/mol. The van der Waals surface area contributed by atoms with E-state index in [1.807, 2.05) is 0 Å². The second-order valence-electron chi connectivity index (χ2n) is 0.907. The molecule has 0 saturated heterocycles. The van der Waals surface area contributed by atoms with Crippen LogP contribution in [0.2, 0.25) is 0 Å². The summed E-state index contributed by atoms with van der Waals surface area (Å²) < 4.78 is 0.0167. The zero-order valence-corrected chi connectivity index (χ0v) is 5.39. The fraction of sp³-hybridized carbons (Fsp3) is 0. The van der Waals surface area contributed by atoms with Crippen molar-refractivity contribution in [3.8, 4) is 0 Å². The van der Waals surface area contributed by atoms with Crippen LogP contribution < -0.4 is 5.43 Å².